The Morgan fingerprint density at radius 3 is 2.52 bits per heavy atom. The van der Waals surface area contributed by atoms with E-state index >= 15 is 0 Å². The van der Waals surface area contributed by atoms with Crippen LogP contribution in [0.3, 0.4) is 0 Å². The maximum Gasteiger partial charge on any atom is 0.237 e. The second-order valence-corrected chi connectivity index (χ2v) is 7.72. The average Bonchev–Trinajstić information content (AvgIpc) is 2.75. The standard InChI is InChI=1S/C20H20N6O2S/c1-13(29-20-15(12-22)10-14(11-21)18(23)25-20)19(27)24-16-2-4-17(5-3-16)26-6-8-28-9-7-26/h2-5,10,13H,6-9H2,1H3,(H2,23,25)(H,24,27)/t13-/m0/s1. The maximum absolute atomic E-state index is 12.6. The second-order valence-electron chi connectivity index (χ2n) is 6.39. The van der Waals surface area contributed by atoms with Crippen LogP contribution in [-0.4, -0.2) is 42.4 Å². The molecule has 0 aliphatic carbocycles. The number of anilines is 3. The van der Waals surface area contributed by atoms with Crippen LogP contribution in [0.15, 0.2) is 35.4 Å². The maximum atomic E-state index is 12.6. The number of benzene rings is 1. The Morgan fingerprint density at radius 2 is 1.90 bits per heavy atom. The SMILES string of the molecule is C[C@H](Sc1nc(N)c(C#N)cc1C#N)C(=O)Nc1ccc(N2CCOCC2)cc1. The van der Waals surface area contributed by atoms with Gasteiger partial charge in [0.25, 0.3) is 0 Å². The molecule has 1 saturated heterocycles. The molecule has 1 aliphatic heterocycles. The molecule has 0 bridgehead atoms. The molecule has 2 aromatic rings. The number of nitrogens with one attached hydrogen (secondary N) is 1. The Bertz CT molecular complexity index is 974. The Hall–Kier alpha value is -3.27. The molecule has 0 spiro atoms. The number of aromatic nitrogens is 1. The highest BCUT2D eigenvalue weighted by Crippen LogP contribution is 2.28. The van der Waals surface area contributed by atoms with Gasteiger partial charge in [-0.25, -0.2) is 4.98 Å². The number of hydrogen-bond donors (Lipinski definition) is 2. The molecule has 9 heteroatoms. The minimum atomic E-state index is -0.513. The summed E-state index contributed by atoms with van der Waals surface area (Å²) in [6.07, 6.45) is 0. The van der Waals surface area contributed by atoms with Gasteiger partial charge in [-0.2, -0.15) is 10.5 Å². The molecule has 0 unspecified atom stereocenters. The normalized spacial score (nSPS) is 14.5. The van der Waals surface area contributed by atoms with Crippen molar-refractivity contribution in [2.45, 2.75) is 17.2 Å². The van der Waals surface area contributed by atoms with Gasteiger partial charge in [-0.1, -0.05) is 11.8 Å². The third-order valence-electron chi connectivity index (χ3n) is 4.43. The molecule has 1 fully saturated rings. The van der Waals surface area contributed by atoms with Gasteiger partial charge in [0, 0.05) is 24.5 Å². The molecule has 8 nitrogen and oxygen atoms in total. The summed E-state index contributed by atoms with van der Waals surface area (Å²) in [7, 11) is 0. The topological polar surface area (TPSA) is 128 Å². The molecule has 0 radical (unpaired) electrons. The van der Waals surface area contributed by atoms with Gasteiger partial charge in [0.1, 0.15) is 23.0 Å². The first-order valence-electron chi connectivity index (χ1n) is 9.03. The summed E-state index contributed by atoms with van der Waals surface area (Å²) in [5.74, 6) is -0.178. The number of nitriles is 2. The number of rotatable bonds is 5. The minimum Gasteiger partial charge on any atom is -0.383 e. The zero-order chi connectivity index (χ0) is 20.8. The van der Waals surface area contributed by atoms with Crippen LogP contribution in [0.4, 0.5) is 17.2 Å². The number of amides is 1. The predicted octanol–water partition coefficient (Wildman–Crippen LogP) is 2.36. The molecule has 3 N–H and O–H groups in total. The molecule has 1 aromatic heterocycles. The van der Waals surface area contributed by atoms with E-state index in [-0.39, 0.29) is 22.9 Å². The molecule has 3 rings (SSSR count). The second kappa shape index (κ2) is 9.28. The first kappa shape index (κ1) is 20.5. The highest BCUT2D eigenvalue weighted by molar-refractivity contribution is 8.00. The summed E-state index contributed by atoms with van der Waals surface area (Å²) < 4.78 is 5.36. The first-order valence-corrected chi connectivity index (χ1v) is 9.90. The lowest BCUT2D eigenvalue weighted by molar-refractivity contribution is -0.115. The third kappa shape index (κ3) is 4.96. The number of carbonyl (C=O) groups excluding carboxylic acids is 1. The van der Waals surface area contributed by atoms with Crippen LogP contribution in [0.5, 0.6) is 0 Å². The van der Waals surface area contributed by atoms with Crippen molar-refractivity contribution in [2.75, 3.05) is 42.3 Å². The summed E-state index contributed by atoms with van der Waals surface area (Å²) >= 11 is 1.12. The number of carbonyl (C=O) groups is 1. The summed E-state index contributed by atoms with van der Waals surface area (Å²) in [6, 6.07) is 12.9. The predicted molar refractivity (Wildman–Crippen MR) is 112 cm³/mol. The van der Waals surface area contributed by atoms with Crippen molar-refractivity contribution in [3.05, 3.63) is 41.5 Å². The quantitative estimate of drug-likeness (QED) is 0.722. The molecule has 29 heavy (non-hydrogen) atoms. The van der Waals surface area contributed by atoms with Crippen molar-refractivity contribution < 1.29 is 9.53 Å². The Balaban J connectivity index is 1.64. The Morgan fingerprint density at radius 1 is 1.24 bits per heavy atom. The van der Waals surface area contributed by atoms with E-state index in [1.54, 1.807) is 6.92 Å². The van der Waals surface area contributed by atoms with E-state index < -0.39 is 5.25 Å². The number of pyridine rings is 1. The lowest BCUT2D eigenvalue weighted by Gasteiger charge is -2.28. The molecule has 1 aliphatic rings. The van der Waals surface area contributed by atoms with Crippen molar-refractivity contribution in [1.29, 1.82) is 10.5 Å². The highest BCUT2D eigenvalue weighted by Gasteiger charge is 2.19. The van der Waals surface area contributed by atoms with Crippen LogP contribution >= 0.6 is 11.8 Å². The summed E-state index contributed by atoms with van der Waals surface area (Å²) in [5, 5.41) is 21.0. The van der Waals surface area contributed by atoms with Crippen LogP contribution < -0.4 is 16.0 Å². The minimum absolute atomic E-state index is 0.0420. The van der Waals surface area contributed by atoms with E-state index in [0.29, 0.717) is 23.9 Å². The van der Waals surface area contributed by atoms with E-state index in [9.17, 15) is 10.1 Å². The van der Waals surface area contributed by atoms with E-state index in [1.165, 1.54) is 6.07 Å². The van der Waals surface area contributed by atoms with Gasteiger partial charge in [0.05, 0.1) is 29.6 Å². The van der Waals surface area contributed by atoms with E-state index in [0.717, 1.165) is 30.5 Å². The monoisotopic (exact) mass is 408 g/mol. The average molecular weight is 408 g/mol. The van der Waals surface area contributed by atoms with Crippen molar-refractivity contribution in [2.24, 2.45) is 0 Å². The largest absolute Gasteiger partial charge is 0.383 e. The van der Waals surface area contributed by atoms with Crippen LogP contribution in [0.25, 0.3) is 0 Å². The third-order valence-corrected chi connectivity index (χ3v) is 5.53. The van der Waals surface area contributed by atoms with E-state index in [2.05, 4.69) is 15.2 Å². The number of hydrogen-bond acceptors (Lipinski definition) is 8. The fourth-order valence-corrected chi connectivity index (χ4v) is 3.69. The smallest absolute Gasteiger partial charge is 0.237 e. The zero-order valence-electron chi connectivity index (χ0n) is 15.9. The van der Waals surface area contributed by atoms with Crippen LogP contribution in [-0.2, 0) is 9.53 Å². The fourth-order valence-electron chi connectivity index (χ4n) is 2.81. The van der Waals surface area contributed by atoms with Crippen molar-refractivity contribution >= 4 is 34.9 Å². The molecular weight excluding hydrogens is 388 g/mol. The van der Waals surface area contributed by atoms with E-state index in [4.69, 9.17) is 15.7 Å². The van der Waals surface area contributed by atoms with Crippen molar-refractivity contribution in [3.63, 3.8) is 0 Å². The zero-order valence-corrected chi connectivity index (χ0v) is 16.7. The number of thioether (sulfide) groups is 1. The van der Waals surface area contributed by atoms with Gasteiger partial charge in [-0.15, -0.1) is 0 Å². The van der Waals surface area contributed by atoms with Gasteiger partial charge in [-0.3, -0.25) is 4.79 Å². The van der Waals surface area contributed by atoms with Crippen LogP contribution in [0.1, 0.15) is 18.1 Å². The Kier molecular flexibility index (Phi) is 6.55. The van der Waals surface area contributed by atoms with E-state index in [1.807, 2.05) is 36.4 Å². The lowest BCUT2D eigenvalue weighted by atomic mass is 10.2. The summed E-state index contributed by atoms with van der Waals surface area (Å²) in [4.78, 5) is 18.9. The number of nitrogen functional groups attached to an aromatic ring is 1. The molecule has 1 amide bonds. The molecule has 2 heterocycles. The van der Waals surface area contributed by atoms with Crippen LogP contribution in [0.2, 0.25) is 0 Å². The number of nitrogens with zero attached hydrogens (tertiary/aromatic N) is 4. The van der Waals surface area contributed by atoms with Crippen molar-refractivity contribution in [3.8, 4) is 12.1 Å². The molecule has 1 atom stereocenters. The van der Waals surface area contributed by atoms with Gasteiger partial charge in [-0.05, 0) is 37.3 Å². The molecule has 148 valence electrons. The molecule has 1 aromatic carbocycles. The van der Waals surface area contributed by atoms with Gasteiger partial charge >= 0.3 is 0 Å². The lowest BCUT2D eigenvalue weighted by Crippen LogP contribution is -2.36. The summed E-state index contributed by atoms with van der Waals surface area (Å²) in [5.41, 5.74) is 7.87. The van der Waals surface area contributed by atoms with Gasteiger partial charge < -0.3 is 20.7 Å². The molecule has 0 saturated carbocycles. The Labute approximate surface area is 173 Å². The fraction of sp³-hybridized carbons (Fsp3) is 0.300. The van der Waals surface area contributed by atoms with Crippen molar-refractivity contribution in [1.82, 2.24) is 4.98 Å². The first-order chi connectivity index (χ1) is 14.0. The van der Waals surface area contributed by atoms with Crippen LogP contribution in [0, 0.1) is 22.7 Å². The number of nitrogens with two attached hydrogens (primary N) is 1. The number of morpholine rings is 1. The van der Waals surface area contributed by atoms with Gasteiger partial charge in [0.2, 0.25) is 5.91 Å². The summed E-state index contributed by atoms with van der Waals surface area (Å²) in [6.45, 7) is 4.85. The number of ether oxygens (including phenoxy) is 1. The molecular formula is C20H20N6O2S. The van der Waals surface area contributed by atoms with Gasteiger partial charge in [0.15, 0.2) is 0 Å². The highest BCUT2D eigenvalue weighted by atomic mass is 32.2.